The first-order valence-corrected chi connectivity index (χ1v) is 6.87. The molecule has 0 unspecified atom stereocenters. The van der Waals surface area contributed by atoms with Gasteiger partial charge in [-0.2, -0.15) is 0 Å². The van der Waals surface area contributed by atoms with Gasteiger partial charge in [0.25, 0.3) is 0 Å². The summed E-state index contributed by atoms with van der Waals surface area (Å²) in [6, 6.07) is 4.17. The van der Waals surface area contributed by atoms with Gasteiger partial charge in [-0.3, -0.25) is 4.98 Å². The molecule has 1 N–H and O–H groups in total. The van der Waals surface area contributed by atoms with Crippen molar-refractivity contribution in [3.05, 3.63) is 46.9 Å². The van der Waals surface area contributed by atoms with Crippen molar-refractivity contribution >= 4 is 0 Å². The van der Waals surface area contributed by atoms with E-state index in [4.69, 9.17) is 4.74 Å². The van der Waals surface area contributed by atoms with Gasteiger partial charge < -0.3 is 10.1 Å². The minimum Gasteiger partial charge on any atom is -0.437 e. The van der Waals surface area contributed by atoms with E-state index in [1.54, 1.807) is 12.4 Å². The molecule has 0 saturated carbocycles. The maximum absolute atomic E-state index is 5.84. The third-order valence-corrected chi connectivity index (χ3v) is 3.22. The lowest BCUT2D eigenvalue weighted by Gasteiger charge is -2.11. The van der Waals surface area contributed by atoms with Gasteiger partial charge in [0.15, 0.2) is 0 Å². The molecule has 4 heteroatoms. The third kappa shape index (κ3) is 3.54. The Kier molecular flexibility index (Phi) is 4.69. The number of aromatic nitrogens is 2. The molecular formula is C16H21N3O. The van der Waals surface area contributed by atoms with E-state index in [9.17, 15) is 0 Å². The van der Waals surface area contributed by atoms with Crippen LogP contribution < -0.4 is 10.1 Å². The second-order valence-corrected chi connectivity index (χ2v) is 4.93. The van der Waals surface area contributed by atoms with Gasteiger partial charge in [0, 0.05) is 6.54 Å². The molecule has 0 atom stereocenters. The van der Waals surface area contributed by atoms with Gasteiger partial charge in [0.05, 0.1) is 18.1 Å². The van der Waals surface area contributed by atoms with Crippen molar-refractivity contribution in [2.75, 3.05) is 6.54 Å². The number of nitrogens with one attached hydrogen (secondary N) is 1. The summed E-state index contributed by atoms with van der Waals surface area (Å²) >= 11 is 0. The minimum atomic E-state index is 0.526. The van der Waals surface area contributed by atoms with Crippen molar-refractivity contribution in [1.82, 2.24) is 15.3 Å². The number of benzene rings is 1. The lowest BCUT2D eigenvalue weighted by molar-refractivity contribution is 0.454. The molecule has 0 aliphatic rings. The topological polar surface area (TPSA) is 47.0 Å². The van der Waals surface area contributed by atoms with E-state index >= 15 is 0 Å². The summed E-state index contributed by atoms with van der Waals surface area (Å²) in [5, 5.41) is 3.21. The van der Waals surface area contributed by atoms with E-state index in [1.807, 2.05) is 6.07 Å². The van der Waals surface area contributed by atoms with Gasteiger partial charge in [-0.15, -0.1) is 0 Å². The van der Waals surface area contributed by atoms with Crippen molar-refractivity contribution in [3.8, 4) is 11.6 Å². The van der Waals surface area contributed by atoms with Gasteiger partial charge in [-0.1, -0.05) is 13.0 Å². The molecule has 1 heterocycles. The number of hydrogen-bond donors (Lipinski definition) is 1. The molecule has 1 aromatic carbocycles. The van der Waals surface area contributed by atoms with Gasteiger partial charge in [-0.25, -0.2) is 4.98 Å². The normalized spacial score (nSPS) is 10.6. The summed E-state index contributed by atoms with van der Waals surface area (Å²) in [5.74, 6) is 1.37. The number of aryl methyl sites for hydroxylation is 2. The largest absolute Gasteiger partial charge is 0.437 e. The number of hydrogen-bond acceptors (Lipinski definition) is 4. The molecule has 2 aromatic rings. The number of rotatable bonds is 5. The molecule has 0 spiro atoms. The van der Waals surface area contributed by atoms with Crippen molar-refractivity contribution < 1.29 is 4.74 Å². The highest BCUT2D eigenvalue weighted by atomic mass is 16.5. The van der Waals surface area contributed by atoms with Crippen LogP contribution in [0.1, 0.15) is 29.3 Å². The first kappa shape index (κ1) is 14.5. The number of nitrogens with zero attached hydrogens (tertiary/aromatic N) is 2. The maximum atomic E-state index is 5.84. The van der Waals surface area contributed by atoms with Crippen LogP contribution >= 0.6 is 0 Å². The van der Waals surface area contributed by atoms with Crippen LogP contribution in [-0.2, 0) is 6.54 Å². The molecule has 106 valence electrons. The van der Waals surface area contributed by atoms with E-state index < -0.39 is 0 Å². The highest BCUT2D eigenvalue weighted by Crippen LogP contribution is 2.27. The first-order chi connectivity index (χ1) is 9.60. The second kappa shape index (κ2) is 6.48. The van der Waals surface area contributed by atoms with Crippen LogP contribution in [0.25, 0.3) is 0 Å². The fourth-order valence-corrected chi connectivity index (χ4v) is 1.96. The monoisotopic (exact) mass is 271 g/mol. The highest BCUT2D eigenvalue weighted by Gasteiger charge is 2.06. The molecule has 0 bridgehead atoms. The molecule has 0 radical (unpaired) electrons. The van der Waals surface area contributed by atoms with E-state index in [0.29, 0.717) is 5.88 Å². The molecule has 0 aliphatic carbocycles. The van der Waals surface area contributed by atoms with E-state index in [-0.39, 0.29) is 0 Å². The zero-order valence-electron chi connectivity index (χ0n) is 12.5. The van der Waals surface area contributed by atoms with Gasteiger partial charge in [-0.05, 0) is 50.1 Å². The second-order valence-electron chi connectivity index (χ2n) is 4.93. The fourth-order valence-electron chi connectivity index (χ4n) is 1.96. The van der Waals surface area contributed by atoms with Crippen molar-refractivity contribution in [2.24, 2.45) is 0 Å². The maximum Gasteiger partial charge on any atom is 0.237 e. The Morgan fingerprint density at radius 3 is 2.55 bits per heavy atom. The zero-order valence-corrected chi connectivity index (χ0v) is 12.5. The van der Waals surface area contributed by atoms with Crippen molar-refractivity contribution in [2.45, 2.75) is 34.2 Å². The average molecular weight is 271 g/mol. The lowest BCUT2D eigenvalue weighted by Crippen LogP contribution is -2.13. The van der Waals surface area contributed by atoms with Crippen molar-refractivity contribution in [1.29, 1.82) is 0 Å². The molecule has 4 nitrogen and oxygen atoms in total. The smallest absolute Gasteiger partial charge is 0.237 e. The van der Waals surface area contributed by atoms with Crippen LogP contribution in [0.4, 0.5) is 0 Å². The lowest BCUT2D eigenvalue weighted by atomic mass is 10.1. The summed E-state index contributed by atoms with van der Waals surface area (Å²) in [4.78, 5) is 8.64. The van der Waals surface area contributed by atoms with E-state index in [0.717, 1.165) is 30.1 Å². The zero-order chi connectivity index (χ0) is 14.5. The van der Waals surface area contributed by atoms with Crippen LogP contribution in [0, 0.1) is 20.8 Å². The Morgan fingerprint density at radius 2 is 1.90 bits per heavy atom. The molecule has 1 aromatic heterocycles. The molecule has 0 saturated heterocycles. The van der Waals surface area contributed by atoms with Gasteiger partial charge >= 0.3 is 0 Å². The summed E-state index contributed by atoms with van der Waals surface area (Å²) in [5.41, 5.74) is 4.45. The predicted octanol–water partition coefficient (Wildman–Crippen LogP) is 3.30. The van der Waals surface area contributed by atoms with Crippen LogP contribution in [-0.4, -0.2) is 16.5 Å². The van der Waals surface area contributed by atoms with Gasteiger partial charge in [0.2, 0.25) is 5.88 Å². The summed E-state index contributed by atoms with van der Waals surface area (Å²) in [7, 11) is 0. The molecule has 20 heavy (non-hydrogen) atoms. The van der Waals surface area contributed by atoms with E-state index in [2.05, 4.69) is 49.0 Å². The van der Waals surface area contributed by atoms with Crippen molar-refractivity contribution in [3.63, 3.8) is 0 Å². The van der Waals surface area contributed by atoms with Gasteiger partial charge in [0.1, 0.15) is 5.75 Å². The fraction of sp³-hybridized carbons (Fsp3) is 0.375. The molecule has 0 amide bonds. The molecule has 0 fully saturated rings. The predicted molar refractivity (Wildman–Crippen MR) is 80.1 cm³/mol. The molecule has 0 aliphatic heterocycles. The van der Waals surface area contributed by atoms with E-state index in [1.165, 1.54) is 11.1 Å². The molecular weight excluding hydrogens is 250 g/mol. The number of ether oxygens (including phenoxy) is 1. The standard InChI is InChI=1S/C16H21N3O/c1-5-17-8-14-9-19-16(10-18-14)20-15-7-11(2)6-12(3)13(15)4/h6-7,9-10,17H,5,8H2,1-4H3. The Bertz CT molecular complexity index is 579. The SMILES string of the molecule is CCNCc1cnc(Oc2cc(C)cc(C)c2C)cn1. The highest BCUT2D eigenvalue weighted by molar-refractivity contribution is 5.43. The Labute approximate surface area is 120 Å². The summed E-state index contributed by atoms with van der Waals surface area (Å²) in [6.07, 6.45) is 3.42. The third-order valence-electron chi connectivity index (χ3n) is 3.22. The summed E-state index contributed by atoms with van der Waals surface area (Å²) < 4.78 is 5.84. The van der Waals surface area contributed by atoms with Crippen LogP contribution in [0.2, 0.25) is 0 Å². The average Bonchev–Trinajstić information content (AvgIpc) is 2.43. The quantitative estimate of drug-likeness (QED) is 0.906. The summed E-state index contributed by atoms with van der Waals surface area (Å²) in [6.45, 7) is 9.91. The van der Waals surface area contributed by atoms with Crippen LogP contribution in [0.15, 0.2) is 24.5 Å². The first-order valence-electron chi connectivity index (χ1n) is 6.87. The Hall–Kier alpha value is -1.94. The van der Waals surface area contributed by atoms with Crippen LogP contribution in [0.5, 0.6) is 11.6 Å². The van der Waals surface area contributed by atoms with Crippen LogP contribution in [0.3, 0.4) is 0 Å². The molecule has 2 rings (SSSR count). The Morgan fingerprint density at radius 1 is 1.10 bits per heavy atom. The Balaban J connectivity index is 2.14. The minimum absolute atomic E-state index is 0.526.